The summed E-state index contributed by atoms with van der Waals surface area (Å²) in [6.45, 7) is 5.57. The topological polar surface area (TPSA) is 52.8 Å². The molecule has 0 fully saturated rings. The lowest BCUT2D eigenvalue weighted by Crippen LogP contribution is -2.31. The third-order valence-electron chi connectivity index (χ3n) is 1.83. The van der Waals surface area contributed by atoms with Crippen molar-refractivity contribution < 1.29 is 10.3 Å². The van der Waals surface area contributed by atoms with Crippen LogP contribution < -0.4 is 0 Å². The number of aliphatic hydroxyl groups is 1. The van der Waals surface area contributed by atoms with Gasteiger partial charge in [-0.25, -0.2) is 0 Å². The molecule has 0 aromatic carbocycles. The second-order valence-corrected chi connectivity index (χ2v) is 3.01. The zero-order chi connectivity index (χ0) is 8.20. The molecule has 3 nitrogen and oxygen atoms in total. The Labute approximate surface area is 61.4 Å². The number of rotatable bonds is 3. The van der Waals surface area contributed by atoms with E-state index < -0.39 is 5.60 Å². The van der Waals surface area contributed by atoms with Crippen LogP contribution in [0.4, 0.5) is 0 Å². The van der Waals surface area contributed by atoms with Crippen molar-refractivity contribution in [2.75, 3.05) is 0 Å². The van der Waals surface area contributed by atoms with Gasteiger partial charge in [-0.2, -0.15) is 0 Å². The molecular formula is C7H15NO2. The van der Waals surface area contributed by atoms with Crippen LogP contribution >= 0.6 is 0 Å². The molecule has 60 valence electrons. The smallest absolute Gasteiger partial charge is 0.0693 e. The van der Waals surface area contributed by atoms with Crippen molar-refractivity contribution >= 4 is 6.21 Å². The van der Waals surface area contributed by atoms with Crippen molar-refractivity contribution in [3.63, 3.8) is 0 Å². The molecule has 0 radical (unpaired) electrons. The average molecular weight is 145 g/mol. The molecule has 0 aromatic rings. The normalized spacial score (nSPS) is 18.1. The van der Waals surface area contributed by atoms with E-state index in [2.05, 4.69) is 5.16 Å². The van der Waals surface area contributed by atoms with Crippen LogP contribution in [0.3, 0.4) is 0 Å². The summed E-state index contributed by atoms with van der Waals surface area (Å²) < 4.78 is 0. The molecule has 0 heterocycles. The predicted molar refractivity (Wildman–Crippen MR) is 40.4 cm³/mol. The SMILES string of the molecule is CC(C)C(C)(O)CC=NO. The summed E-state index contributed by atoms with van der Waals surface area (Å²) in [6, 6.07) is 0. The lowest BCUT2D eigenvalue weighted by molar-refractivity contribution is 0.0212. The van der Waals surface area contributed by atoms with E-state index in [0.717, 1.165) is 0 Å². The van der Waals surface area contributed by atoms with Gasteiger partial charge in [0.2, 0.25) is 0 Å². The molecule has 2 N–H and O–H groups in total. The summed E-state index contributed by atoms with van der Waals surface area (Å²) in [5.74, 6) is 0.172. The second kappa shape index (κ2) is 3.56. The van der Waals surface area contributed by atoms with E-state index in [4.69, 9.17) is 5.21 Å². The van der Waals surface area contributed by atoms with Gasteiger partial charge in [-0.15, -0.1) is 5.16 Å². The molecule has 0 bridgehead atoms. The highest BCUT2D eigenvalue weighted by atomic mass is 16.4. The molecule has 3 heteroatoms. The second-order valence-electron chi connectivity index (χ2n) is 3.01. The average Bonchev–Trinajstić information content (AvgIpc) is 1.84. The summed E-state index contributed by atoms with van der Waals surface area (Å²) in [5, 5.41) is 20.4. The van der Waals surface area contributed by atoms with E-state index in [1.165, 1.54) is 6.21 Å². The van der Waals surface area contributed by atoms with Crippen LogP contribution in [0.15, 0.2) is 5.16 Å². The molecule has 1 atom stereocenters. The molecule has 0 aromatic heterocycles. The number of nitrogens with zero attached hydrogens (tertiary/aromatic N) is 1. The summed E-state index contributed by atoms with van der Waals surface area (Å²) in [4.78, 5) is 0. The van der Waals surface area contributed by atoms with Crippen molar-refractivity contribution in [3.05, 3.63) is 0 Å². The first-order chi connectivity index (χ1) is 4.50. The molecule has 0 saturated heterocycles. The minimum Gasteiger partial charge on any atom is -0.411 e. The molecule has 0 aliphatic carbocycles. The highest BCUT2D eigenvalue weighted by Crippen LogP contribution is 2.18. The fraction of sp³-hybridized carbons (Fsp3) is 0.857. The van der Waals surface area contributed by atoms with Crippen LogP contribution in [0.1, 0.15) is 27.2 Å². The Balaban J connectivity index is 3.86. The zero-order valence-corrected chi connectivity index (χ0v) is 6.70. The summed E-state index contributed by atoms with van der Waals surface area (Å²) in [7, 11) is 0. The van der Waals surface area contributed by atoms with Gasteiger partial charge in [-0.3, -0.25) is 0 Å². The highest BCUT2D eigenvalue weighted by molar-refractivity contribution is 5.57. The van der Waals surface area contributed by atoms with E-state index in [1.54, 1.807) is 6.92 Å². The van der Waals surface area contributed by atoms with Gasteiger partial charge in [-0.05, 0) is 12.8 Å². The Bertz CT molecular complexity index is 119. The van der Waals surface area contributed by atoms with Crippen LogP contribution in [0.2, 0.25) is 0 Å². The van der Waals surface area contributed by atoms with Crippen LogP contribution in [0.5, 0.6) is 0 Å². The van der Waals surface area contributed by atoms with Crippen molar-refractivity contribution in [1.82, 2.24) is 0 Å². The van der Waals surface area contributed by atoms with E-state index in [-0.39, 0.29) is 5.92 Å². The first-order valence-electron chi connectivity index (χ1n) is 3.39. The van der Waals surface area contributed by atoms with Gasteiger partial charge < -0.3 is 10.3 Å². The molecule has 0 rings (SSSR count). The minimum atomic E-state index is -0.758. The van der Waals surface area contributed by atoms with Gasteiger partial charge in [0.15, 0.2) is 0 Å². The fourth-order valence-electron chi connectivity index (χ4n) is 0.461. The summed E-state index contributed by atoms with van der Waals surface area (Å²) in [6.07, 6.45) is 1.70. The van der Waals surface area contributed by atoms with Crippen molar-refractivity contribution in [1.29, 1.82) is 0 Å². The van der Waals surface area contributed by atoms with Crippen molar-refractivity contribution in [3.8, 4) is 0 Å². The molecule has 0 spiro atoms. The van der Waals surface area contributed by atoms with E-state index in [0.29, 0.717) is 6.42 Å². The third-order valence-corrected chi connectivity index (χ3v) is 1.83. The Hall–Kier alpha value is -0.570. The van der Waals surface area contributed by atoms with Gasteiger partial charge in [0, 0.05) is 12.6 Å². The maximum Gasteiger partial charge on any atom is 0.0693 e. The zero-order valence-electron chi connectivity index (χ0n) is 6.70. The molecule has 0 amide bonds. The number of hydrogen-bond donors (Lipinski definition) is 2. The first kappa shape index (κ1) is 9.43. The van der Waals surface area contributed by atoms with E-state index in [1.807, 2.05) is 13.8 Å². The Morgan fingerprint density at radius 2 is 2.10 bits per heavy atom. The maximum absolute atomic E-state index is 9.52. The van der Waals surface area contributed by atoms with Crippen LogP contribution in [0.25, 0.3) is 0 Å². The summed E-state index contributed by atoms with van der Waals surface area (Å²) in [5.41, 5.74) is -0.758. The van der Waals surface area contributed by atoms with E-state index >= 15 is 0 Å². The summed E-state index contributed by atoms with van der Waals surface area (Å²) >= 11 is 0. The van der Waals surface area contributed by atoms with E-state index in [9.17, 15) is 5.11 Å². The Kier molecular flexibility index (Phi) is 3.36. The van der Waals surface area contributed by atoms with Gasteiger partial charge >= 0.3 is 0 Å². The van der Waals surface area contributed by atoms with Gasteiger partial charge in [-0.1, -0.05) is 13.8 Å². The first-order valence-corrected chi connectivity index (χ1v) is 3.39. The molecule has 10 heavy (non-hydrogen) atoms. The number of hydrogen-bond acceptors (Lipinski definition) is 3. The predicted octanol–water partition coefficient (Wildman–Crippen LogP) is 1.24. The van der Waals surface area contributed by atoms with Crippen LogP contribution in [-0.2, 0) is 0 Å². The fourth-order valence-corrected chi connectivity index (χ4v) is 0.461. The molecule has 1 unspecified atom stereocenters. The maximum atomic E-state index is 9.52. The Morgan fingerprint density at radius 3 is 2.40 bits per heavy atom. The lowest BCUT2D eigenvalue weighted by Gasteiger charge is -2.25. The van der Waals surface area contributed by atoms with Gasteiger partial charge in [0.1, 0.15) is 0 Å². The third kappa shape index (κ3) is 2.82. The largest absolute Gasteiger partial charge is 0.411 e. The number of oxime groups is 1. The highest BCUT2D eigenvalue weighted by Gasteiger charge is 2.23. The Morgan fingerprint density at radius 1 is 1.60 bits per heavy atom. The molecule has 0 saturated carbocycles. The lowest BCUT2D eigenvalue weighted by atomic mass is 9.90. The van der Waals surface area contributed by atoms with Crippen LogP contribution in [-0.4, -0.2) is 22.1 Å². The quantitative estimate of drug-likeness (QED) is 0.356. The van der Waals surface area contributed by atoms with Gasteiger partial charge in [0.25, 0.3) is 0 Å². The monoisotopic (exact) mass is 145 g/mol. The molecular weight excluding hydrogens is 130 g/mol. The molecule has 0 aliphatic rings. The molecule has 0 aliphatic heterocycles. The minimum absolute atomic E-state index is 0.172. The van der Waals surface area contributed by atoms with Crippen LogP contribution in [0, 0.1) is 5.92 Å². The van der Waals surface area contributed by atoms with Crippen molar-refractivity contribution in [2.24, 2.45) is 11.1 Å². The van der Waals surface area contributed by atoms with Gasteiger partial charge in [0.05, 0.1) is 5.60 Å². The standard InChI is InChI=1S/C7H15NO2/c1-6(2)7(3,9)4-5-8-10/h5-6,9-10H,4H2,1-3H3. The van der Waals surface area contributed by atoms with Crippen molar-refractivity contribution in [2.45, 2.75) is 32.8 Å².